The lowest BCUT2D eigenvalue weighted by Gasteiger charge is -2.41. The molecule has 0 aromatic rings. The quantitative estimate of drug-likeness (QED) is 0.114. The van der Waals surface area contributed by atoms with E-state index in [2.05, 4.69) is 21.3 Å². The average Bonchev–Trinajstić information content (AvgIpc) is 2.33. The summed E-state index contributed by atoms with van der Waals surface area (Å²) in [5, 5.41) is 34.2. The van der Waals surface area contributed by atoms with E-state index in [0.29, 0.717) is 0 Å². The zero-order valence-corrected chi connectivity index (χ0v) is 58.4. The molecule has 0 spiro atoms. The Labute approximate surface area is 531 Å². The molecule has 1 aliphatic heterocycles. The van der Waals surface area contributed by atoms with Crippen LogP contribution in [0.3, 0.4) is 0 Å². The minimum absolute atomic E-state index is 0.0702. The number of allylic oxidation sites excluding steroid dienone is 2. The fraction of sp³-hybridized carbons (Fsp3) is 0.797. The highest BCUT2D eigenvalue weighted by atomic mass is 16.5. The zero-order chi connectivity index (χ0) is 69.2. The molecule has 1 saturated heterocycles. The van der Waals surface area contributed by atoms with Crippen molar-refractivity contribution < 1.29 is 67.7 Å². The SMILES string of the molecule is C/C=C/C[C@@H](C)[C@@H](O)[C@H]1C(=O)N[C@@H](CC)C(=O)N(C)[C@H](OCC)C(=O)N(C)[C@@H](CC(C)(C)O)C(=O)N[C@@H](C(C)C)C(=O)N(C)[C@@H](CC(C)C)C(=O)N[C@@H](C)C(=O)N[C@H](C)C(=O)N(C)[C@@H](CC(C)C)C(=O)N(C)[C@@H](CC(C)C)C(=O)N(C)[C@@H](C(C)C)C(=O)N1C. The normalized spacial score (nSPS) is 27.2. The van der Waals surface area contributed by atoms with Gasteiger partial charge in [-0.05, 0) is 109 Å². The fourth-order valence-electron chi connectivity index (χ4n) is 11.0. The number of likely N-dealkylation sites (N-methyl/N-ethyl adjacent to an activating group) is 7. The van der Waals surface area contributed by atoms with E-state index in [0.717, 1.165) is 14.7 Å². The van der Waals surface area contributed by atoms with E-state index in [9.17, 15) is 53.4 Å². The number of ether oxygens (including phenoxy) is 1. The number of carbonyl (C=O) groups is 11. The molecule has 1 aliphatic rings. The second-order valence-corrected chi connectivity index (χ2v) is 27.0. The van der Waals surface area contributed by atoms with Crippen molar-refractivity contribution in [2.45, 2.75) is 242 Å². The highest BCUT2D eigenvalue weighted by Crippen LogP contribution is 2.26. The van der Waals surface area contributed by atoms with E-state index in [1.54, 1.807) is 67.5 Å². The Balaban J connectivity index is 4.48. The Kier molecular flexibility index (Phi) is 32.7. The van der Waals surface area contributed by atoms with Crippen LogP contribution in [0.15, 0.2) is 12.2 Å². The zero-order valence-electron chi connectivity index (χ0n) is 58.4. The summed E-state index contributed by atoms with van der Waals surface area (Å²) in [6.07, 6.45) is 0.460. The maximum atomic E-state index is 15.2. The Hall–Kier alpha value is -6.21. The van der Waals surface area contributed by atoms with Gasteiger partial charge in [0.15, 0.2) is 0 Å². The van der Waals surface area contributed by atoms with Gasteiger partial charge in [-0.15, -0.1) is 0 Å². The molecule has 6 N–H and O–H groups in total. The van der Waals surface area contributed by atoms with E-state index < -0.39 is 161 Å². The number of aliphatic hydroxyl groups is 2. The van der Waals surface area contributed by atoms with Crippen molar-refractivity contribution in [1.29, 1.82) is 0 Å². The van der Waals surface area contributed by atoms with Crippen LogP contribution in [0.5, 0.6) is 0 Å². The maximum absolute atomic E-state index is 15.2. The van der Waals surface area contributed by atoms with Crippen molar-refractivity contribution in [2.24, 2.45) is 35.5 Å². The summed E-state index contributed by atoms with van der Waals surface area (Å²) in [6.45, 7) is 30.1. The van der Waals surface area contributed by atoms with Gasteiger partial charge in [0.2, 0.25) is 65.3 Å². The predicted molar refractivity (Wildman–Crippen MR) is 340 cm³/mol. The molecule has 0 aliphatic carbocycles. The standard InChI is InChI=1S/C64H115N11O14/c1-26-29-30-40(14)51(76)50-55(80)67-43(27-2)57(82)75(25)63(89-28-3)62(87)72(22)47(34-64(17,18)88)54(79)68-48(38(10)11)60(85)69(19)44(31-35(4)5)53(78)65-41(15)52(77)66-42(16)56(81)70(20)45(32-36(6)7)58(83)71(21)46(33-37(8)9)59(84)73(23)49(39(12)13)61(86)74(50)24/h26,29,35-51,63,76,88H,27-28,30-34H2,1-25H3,(H,65,78)(H,66,77)(H,67,80)(H,68,79)/b29-26+/t40-,41+,42-,43+,44+,45+,46+,47+,48+,49+,50+,51-,63-/m1/s1. The third kappa shape index (κ3) is 22.6. The van der Waals surface area contributed by atoms with Crippen LogP contribution in [-0.4, -0.2) is 244 Å². The van der Waals surface area contributed by atoms with Crippen molar-refractivity contribution in [3.05, 3.63) is 12.2 Å². The molecule has 25 heteroatoms. The summed E-state index contributed by atoms with van der Waals surface area (Å²) >= 11 is 0. The molecule has 510 valence electrons. The van der Waals surface area contributed by atoms with Gasteiger partial charge in [0.1, 0.15) is 60.4 Å². The Morgan fingerprint density at radius 3 is 1.38 bits per heavy atom. The van der Waals surface area contributed by atoms with Gasteiger partial charge in [-0.1, -0.05) is 95.2 Å². The van der Waals surface area contributed by atoms with Crippen LogP contribution in [0.2, 0.25) is 0 Å². The van der Waals surface area contributed by atoms with Gasteiger partial charge in [0.25, 0.3) is 5.91 Å². The third-order valence-corrected chi connectivity index (χ3v) is 16.5. The van der Waals surface area contributed by atoms with Crippen LogP contribution in [0, 0.1) is 35.5 Å². The van der Waals surface area contributed by atoms with Crippen molar-refractivity contribution in [3.8, 4) is 0 Å². The molecule has 25 nitrogen and oxygen atoms in total. The minimum atomic E-state index is -1.74. The summed E-state index contributed by atoms with van der Waals surface area (Å²) in [7, 11) is 9.55. The molecular weight excluding hydrogens is 1150 g/mol. The number of hydrogen-bond acceptors (Lipinski definition) is 14. The lowest BCUT2D eigenvalue weighted by Crippen LogP contribution is -2.64. The Bertz CT molecular complexity index is 2450. The van der Waals surface area contributed by atoms with Crippen molar-refractivity contribution >= 4 is 65.0 Å². The number of aliphatic hydroxyl groups excluding tert-OH is 1. The van der Waals surface area contributed by atoms with Gasteiger partial charge in [0, 0.05) is 62.4 Å². The van der Waals surface area contributed by atoms with Crippen LogP contribution in [-0.2, 0) is 57.5 Å². The first-order chi connectivity index (χ1) is 41.0. The molecule has 0 unspecified atom stereocenters. The first kappa shape index (κ1) is 80.8. The Morgan fingerprint density at radius 1 is 0.494 bits per heavy atom. The van der Waals surface area contributed by atoms with Crippen LogP contribution < -0.4 is 21.3 Å². The van der Waals surface area contributed by atoms with Gasteiger partial charge in [0.05, 0.1) is 11.7 Å². The summed E-state index contributed by atoms with van der Waals surface area (Å²) in [5.74, 6) is -10.8. The van der Waals surface area contributed by atoms with Gasteiger partial charge < -0.3 is 70.5 Å². The maximum Gasteiger partial charge on any atom is 0.273 e. The molecule has 1 rings (SSSR count). The monoisotopic (exact) mass is 1260 g/mol. The van der Waals surface area contributed by atoms with E-state index in [4.69, 9.17) is 4.74 Å². The summed E-state index contributed by atoms with van der Waals surface area (Å²) in [6, 6.07) is -13.3. The second kappa shape index (κ2) is 36.0. The molecule has 1 fully saturated rings. The van der Waals surface area contributed by atoms with E-state index >= 15 is 9.59 Å². The first-order valence-corrected chi connectivity index (χ1v) is 31.7. The fourth-order valence-corrected chi connectivity index (χ4v) is 11.0. The van der Waals surface area contributed by atoms with Crippen LogP contribution >= 0.6 is 0 Å². The van der Waals surface area contributed by atoms with Crippen LogP contribution in [0.25, 0.3) is 0 Å². The lowest BCUT2D eigenvalue weighted by atomic mass is 9.91. The second-order valence-electron chi connectivity index (χ2n) is 27.0. The van der Waals surface area contributed by atoms with Crippen molar-refractivity contribution in [2.75, 3.05) is 55.9 Å². The summed E-state index contributed by atoms with van der Waals surface area (Å²) in [4.78, 5) is 170. The first-order valence-electron chi connectivity index (χ1n) is 31.7. The van der Waals surface area contributed by atoms with E-state index in [1.807, 2.05) is 41.5 Å². The molecule has 0 aromatic carbocycles. The van der Waals surface area contributed by atoms with Crippen LogP contribution in [0.1, 0.15) is 163 Å². The van der Waals surface area contributed by atoms with E-state index in [-0.39, 0.29) is 62.9 Å². The number of carbonyl (C=O) groups excluding carboxylic acids is 11. The minimum Gasteiger partial charge on any atom is -0.390 e. The van der Waals surface area contributed by atoms with Gasteiger partial charge >= 0.3 is 0 Å². The molecule has 13 atom stereocenters. The molecule has 11 amide bonds. The Morgan fingerprint density at radius 2 is 0.933 bits per heavy atom. The lowest BCUT2D eigenvalue weighted by molar-refractivity contribution is -0.168. The van der Waals surface area contributed by atoms with Gasteiger partial charge in [-0.25, -0.2) is 0 Å². The smallest absolute Gasteiger partial charge is 0.273 e. The number of nitrogens with one attached hydrogen (secondary N) is 4. The highest BCUT2D eigenvalue weighted by molar-refractivity contribution is 6.00. The molecule has 0 bridgehead atoms. The van der Waals surface area contributed by atoms with Crippen LogP contribution in [0.4, 0.5) is 0 Å². The highest BCUT2D eigenvalue weighted by Gasteiger charge is 2.47. The third-order valence-electron chi connectivity index (χ3n) is 16.5. The summed E-state index contributed by atoms with van der Waals surface area (Å²) in [5.41, 5.74) is -1.60. The van der Waals surface area contributed by atoms with Crippen molar-refractivity contribution in [3.63, 3.8) is 0 Å². The molecule has 1 heterocycles. The largest absolute Gasteiger partial charge is 0.390 e. The molecular formula is C64H115N11O14. The predicted octanol–water partition coefficient (Wildman–Crippen LogP) is 2.75. The number of rotatable bonds is 17. The summed E-state index contributed by atoms with van der Waals surface area (Å²) < 4.78 is 5.93. The molecule has 89 heavy (non-hydrogen) atoms. The van der Waals surface area contributed by atoms with Crippen molar-refractivity contribution in [1.82, 2.24) is 55.6 Å². The number of nitrogens with zero attached hydrogens (tertiary/aromatic N) is 7. The molecule has 0 radical (unpaired) electrons. The number of hydrogen-bond donors (Lipinski definition) is 6. The topological polar surface area (TPSA) is 308 Å². The number of amides is 11. The van der Waals surface area contributed by atoms with E-state index in [1.165, 1.54) is 96.6 Å². The molecule has 0 saturated carbocycles. The van der Waals surface area contributed by atoms with Gasteiger partial charge in [-0.3, -0.25) is 52.7 Å². The average molecular weight is 1260 g/mol. The van der Waals surface area contributed by atoms with Gasteiger partial charge in [-0.2, -0.15) is 0 Å². The molecule has 0 aromatic heterocycles.